The summed E-state index contributed by atoms with van der Waals surface area (Å²) in [5, 5.41) is 1.68. The fourth-order valence-electron chi connectivity index (χ4n) is 2.22. The van der Waals surface area contributed by atoms with E-state index in [1.807, 2.05) is 6.07 Å². The maximum absolute atomic E-state index is 13.3. The van der Waals surface area contributed by atoms with Crippen LogP contribution in [0.4, 0.5) is 4.39 Å². The van der Waals surface area contributed by atoms with Gasteiger partial charge in [0.2, 0.25) is 0 Å². The molecule has 0 amide bonds. The molecule has 3 rings (SSSR count). The number of methoxy groups -OCH3 is 2. The number of nitrogens with one attached hydrogen (secondary N) is 1. The second kappa shape index (κ2) is 3.91. The van der Waals surface area contributed by atoms with E-state index in [0.717, 1.165) is 21.8 Å². The molecule has 0 aliphatic heterocycles. The molecule has 0 radical (unpaired) electrons. The summed E-state index contributed by atoms with van der Waals surface area (Å²) >= 11 is 0. The van der Waals surface area contributed by atoms with Gasteiger partial charge in [-0.2, -0.15) is 0 Å². The molecule has 4 heteroatoms. The summed E-state index contributed by atoms with van der Waals surface area (Å²) in [6.07, 6.45) is 0. The summed E-state index contributed by atoms with van der Waals surface area (Å²) in [5.41, 5.74) is 1.74. The summed E-state index contributed by atoms with van der Waals surface area (Å²) in [6, 6.07) is 8.32. The molecule has 1 aromatic heterocycles. The molecule has 3 nitrogen and oxygen atoms in total. The van der Waals surface area contributed by atoms with E-state index in [9.17, 15) is 4.39 Å². The molecule has 0 fully saturated rings. The van der Waals surface area contributed by atoms with Gasteiger partial charge in [0.15, 0.2) is 0 Å². The normalized spacial score (nSPS) is 11.1. The largest absolute Gasteiger partial charge is 0.497 e. The molecule has 1 N–H and O–H groups in total. The number of H-pyrrole nitrogens is 1. The van der Waals surface area contributed by atoms with Crippen molar-refractivity contribution in [3.05, 3.63) is 36.1 Å². The Morgan fingerprint density at radius 2 is 1.83 bits per heavy atom. The number of hydrogen-bond acceptors (Lipinski definition) is 2. The van der Waals surface area contributed by atoms with E-state index in [4.69, 9.17) is 9.47 Å². The zero-order valence-corrected chi connectivity index (χ0v) is 10.1. The van der Waals surface area contributed by atoms with Crippen molar-refractivity contribution in [3.63, 3.8) is 0 Å². The minimum Gasteiger partial charge on any atom is -0.497 e. The van der Waals surface area contributed by atoms with Crippen LogP contribution in [-0.4, -0.2) is 19.2 Å². The van der Waals surface area contributed by atoms with Crippen LogP contribution in [0.15, 0.2) is 30.3 Å². The maximum Gasteiger partial charge on any atom is 0.132 e. The molecular formula is C14H12FNO2. The first-order chi connectivity index (χ1) is 8.72. The van der Waals surface area contributed by atoms with Crippen LogP contribution in [0, 0.1) is 5.82 Å². The number of aromatic amines is 1. The van der Waals surface area contributed by atoms with Gasteiger partial charge in [0.05, 0.1) is 19.7 Å². The van der Waals surface area contributed by atoms with Crippen molar-refractivity contribution in [1.29, 1.82) is 0 Å². The number of halogens is 1. The van der Waals surface area contributed by atoms with E-state index in [2.05, 4.69) is 4.98 Å². The van der Waals surface area contributed by atoms with Gasteiger partial charge in [-0.15, -0.1) is 0 Å². The van der Waals surface area contributed by atoms with Crippen LogP contribution >= 0.6 is 0 Å². The van der Waals surface area contributed by atoms with Crippen molar-refractivity contribution in [2.24, 2.45) is 0 Å². The van der Waals surface area contributed by atoms with Crippen molar-refractivity contribution in [3.8, 4) is 11.5 Å². The number of hydrogen-bond donors (Lipinski definition) is 1. The highest BCUT2D eigenvalue weighted by Gasteiger charge is 2.12. The van der Waals surface area contributed by atoms with Crippen molar-refractivity contribution < 1.29 is 13.9 Å². The van der Waals surface area contributed by atoms with E-state index >= 15 is 0 Å². The highest BCUT2D eigenvalue weighted by atomic mass is 19.1. The van der Waals surface area contributed by atoms with Gasteiger partial charge in [-0.1, -0.05) is 0 Å². The quantitative estimate of drug-likeness (QED) is 0.750. The Hall–Kier alpha value is -2.23. The van der Waals surface area contributed by atoms with E-state index in [0.29, 0.717) is 11.5 Å². The Labute approximate surface area is 103 Å². The number of rotatable bonds is 2. The smallest absolute Gasteiger partial charge is 0.132 e. The van der Waals surface area contributed by atoms with Crippen LogP contribution in [0.5, 0.6) is 11.5 Å². The van der Waals surface area contributed by atoms with Crippen molar-refractivity contribution in [2.75, 3.05) is 14.2 Å². The second-order valence-corrected chi connectivity index (χ2v) is 4.07. The number of aromatic nitrogens is 1. The zero-order chi connectivity index (χ0) is 12.7. The lowest BCUT2D eigenvalue weighted by Gasteiger charge is -2.05. The van der Waals surface area contributed by atoms with Crippen molar-refractivity contribution in [1.82, 2.24) is 4.98 Å². The SMILES string of the molecule is COc1cc(OC)c2c(c1)[nH]c1ccc(F)cc12. The molecule has 0 spiro atoms. The summed E-state index contributed by atoms with van der Waals surface area (Å²) in [6.45, 7) is 0. The topological polar surface area (TPSA) is 34.2 Å². The molecule has 0 aliphatic rings. The van der Waals surface area contributed by atoms with Crippen LogP contribution < -0.4 is 9.47 Å². The molecule has 3 aromatic rings. The number of benzene rings is 2. The van der Waals surface area contributed by atoms with Crippen LogP contribution in [0.25, 0.3) is 21.8 Å². The van der Waals surface area contributed by atoms with Crippen molar-refractivity contribution in [2.45, 2.75) is 0 Å². The predicted molar refractivity (Wildman–Crippen MR) is 68.9 cm³/mol. The minimum atomic E-state index is -0.263. The zero-order valence-electron chi connectivity index (χ0n) is 10.1. The molecular weight excluding hydrogens is 233 g/mol. The van der Waals surface area contributed by atoms with Gasteiger partial charge in [-0.05, 0) is 18.2 Å². The van der Waals surface area contributed by atoms with Gasteiger partial charge in [-0.25, -0.2) is 4.39 Å². The summed E-state index contributed by atoms with van der Waals surface area (Å²) in [5.74, 6) is 1.11. The first kappa shape index (κ1) is 10.9. The molecule has 18 heavy (non-hydrogen) atoms. The molecule has 0 saturated carbocycles. The van der Waals surface area contributed by atoms with Gasteiger partial charge in [0.25, 0.3) is 0 Å². The number of ether oxygens (including phenoxy) is 2. The number of fused-ring (bicyclic) bond motifs is 3. The lowest BCUT2D eigenvalue weighted by atomic mass is 10.1. The third-order valence-electron chi connectivity index (χ3n) is 3.05. The van der Waals surface area contributed by atoms with Gasteiger partial charge >= 0.3 is 0 Å². The fourth-order valence-corrected chi connectivity index (χ4v) is 2.22. The van der Waals surface area contributed by atoms with Crippen LogP contribution in [0.2, 0.25) is 0 Å². The molecule has 92 valence electrons. The first-order valence-corrected chi connectivity index (χ1v) is 5.56. The Morgan fingerprint density at radius 3 is 2.56 bits per heavy atom. The predicted octanol–water partition coefficient (Wildman–Crippen LogP) is 3.48. The van der Waals surface area contributed by atoms with Gasteiger partial charge in [0, 0.05) is 28.4 Å². The average Bonchev–Trinajstić information content (AvgIpc) is 2.75. The van der Waals surface area contributed by atoms with E-state index in [1.165, 1.54) is 12.1 Å². The third-order valence-corrected chi connectivity index (χ3v) is 3.05. The molecule has 2 aromatic carbocycles. The average molecular weight is 245 g/mol. The standard InChI is InChI=1S/C14H12FNO2/c1-17-9-6-12-14(13(7-9)18-2)10-5-8(15)3-4-11(10)16-12/h3-7,16H,1-2H3. The molecule has 0 aliphatic carbocycles. The van der Waals surface area contributed by atoms with Gasteiger partial charge < -0.3 is 14.5 Å². The Balaban J connectivity index is 2.47. The summed E-state index contributed by atoms with van der Waals surface area (Å²) < 4.78 is 23.9. The van der Waals surface area contributed by atoms with Gasteiger partial charge in [0.1, 0.15) is 17.3 Å². The molecule has 0 saturated heterocycles. The maximum atomic E-state index is 13.3. The van der Waals surface area contributed by atoms with Crippen LogP contribution in [0.1, 0.15) is 0 Å². The molecule has 1 heterocycles. The summed E-state index contributed by atoms with van der Waals surface area (Å²) in [4.78, 5) is 3.23. The third kappa shape index (κ3) is 1.49. The molecule has 0 unspecified atom stereocenters. The van der Waals surface area contributed by atoms with E-state index in [-0.39, 0.29) is 5.82 Å². The van der Waals surface area contributed by atoms with Crippen LogP contribution in [0.3, 0.4) is 0 Å². The minimum absolute atomic E-state index is 0.263. The first-order valence-electron chi connectivity index (χ1n) is 5.56. The lowest BCUT2D eigenvalue weighted by Crippen LogP contribution is -1.87. The van der Waals surface area contributed by atoms with E-state index < -0.39 is 0 Å². The molecule has 0 bridgehead atoms. The highest BCUT2D eigenvalue weighted by molar-refractivity contribution is 6.10. The Morgan fingerprint density at radius 1 is 1.00 bits per heavy atom. The lowest BCUT2D eigenvalue weighted by molar-refractivity contribution is 0.398. The fraction of sp³-hybridized carbons (Fsp3) is 0.143. The Kier molecular flexibility index (Phi) is 2.37. The highest BCUT2D eigenvalue weighted by Crippen LogP contribution is 2.36. The Bertz CT molecular complexity index is 733. The second-order valence-electron chi connectivity index (χ2n) is 4.07. The van der Waals surface area contributed by atoms with Crippen LogP contribution in [-0.2, 0) is 0 Å². The monoisotopic (exact) mass is 245 g/mol. The van der Waals surface area contributed by atoms with Gasteiger partial charge in [-0.3, -0.25) is 0 Å². The summed E-state index contributed by atoms with van der Waals surface area (Å²) in [7, 11) is 3.19. The van der Waals surface area contributed by atoms with Crippen molar-refractivity contribution >= 4 is 21.8 Å². The molecule has 0 atom stereocenters. The van der Waals surface area contributed by atoms with E-state index in [1.54, 1.807) is 26.4 Å².